The van der Waals surface area contributed by atoms with Crippen molar-refractivity contribution in [1.29, 1.82) is 0 Å². The number of carbonyl (C=O) groups excluding carboxylic acids is 2. The molecule has 1 aromatic carbocycles. The van der Waals surface area contributed by atoms with Gasteiger partial charge in [0.25, 0.3) is 5.91 Å². The van der Waals surface area contributed by atoms with Crippen molar-refractivity contribution in [2.24, 2.45) is 5.92 Å². The highest BCUT2D eigenvalue weighted by Gasteiger charge is 2.30. The number of nitrogens with zero attached hydrogens (tertiary/aromatic N) is 2. The molecule has 0 bridgehead atoms. The lowest BCUT2D eigenvalue weighted by Gasteiger charge is -2.31. The fraction of sp³-hybridized carbons (Fsp3) is 0.389. The second-order valence-electron chi connectivity index (χ2n) is 6.11. The lowest BCUT2D eigenvalue weighted by Crippen LogP contribution is -2.42. The molecule has 24 heavy (non-hydrogen) atoms. The predicted octanol–water partition coefficient (Wildman–Crippen LogP) is 3.63. The molecule has 0 N–H and O–H groups in total. The van der Waals surface area contributed by atoms with Crippen LogP contribution in [0.2, 0.25) is 0 Å². The topological polar surface area (TPSA) is 50.3 Å². The van der Waals surface area contributed by atoms with Gasteiger partial charge in [0.2, 0.25) is 0 Å². The molecule has 1 amide bonds. The summed E-state index contributed by atoms with van der Waals surface area (Å²) in [5, 5.41) is 0.867. The number of hydrogen-bond donors (Lipinski definition) is 0. The van der Waals surface area contributed by atoms with Gasteiger partial charge in [-0.15, -0.1) is 11.3 Å². The first-order chi connectivity index (χ1) is 11.5. The minimum Gasteiger partial charge on any atom is -0.337 e. The SMILES string of the molecule is Cc1nc(C)c(C(=O)N2CCC[C@@H](C(=O)c3ccc(F)cc3)C2)s1. The highest BCUT2D eigenvalue weighted by atomic mass is 32.1. The Kier molecular flexibility index (Phi) is 4.76. The third-order valence-electron chi connectivity index (χ3n) is 4.31. The number of benzene rings is 1. The van der Waals surface area contributed by atoms with E-state index in [0.717, 1.165) is 23.5 Å². The van der Waals surface area contributed by atoms with Crippen molar-refractivity contribution in [3.63, 3.8) is 0 Å². The van der Waals surface area contributed by atoms with Crippen molar-refractivity contribution >= 4 is 23.0 Å². The van der Waals surface area contributed by atoms with Crippen LogP contribution in [-0.2, 0) is 0 Å². The average molecular weight is 346 g/mol. The van der Waals surface area contributed by atoms with Crippen molar-refractivity contribution in [3.8, 4) is 0 Å². The van der Waals surface area contributed by atoms with Crippen molar-refractivity contribution < 1.29 is 14.0 Å². The van der Waals surface area contributed by atoms with E-state index in [1.807, 2.05) is 13.8 Å². The maximum Gasteiger partial charge on any atom is 0.265 e. The van der Waals surface area contributed by atoms with Gasteiger partial charge in [-0.25, -0.2) is 9.37 Å². The van der Waals surface area contributed by atoms with Gasteiger partial charge in [-0.2, -0.15) is 0 Å². The van der Waals surface area contributed by atoms with Gasteiger partial charge in [0, 0.05) is 24.6 Å². The molecule has 1 atom stereocenters. The number of aromatic nitrogens is 1. The van der Waals surface area contributed by atoms with Crippen LogP contribution < -0.4 is 0 Å². The molecule has 0 aliphatic carbocycles. The number of Topliss-reactive ketones (excluding diaryl/α,β-unsaturated/α-hetero) is 1. The summed E-state index contributed by atoms with van der Waals surface area (Å²) in [6, 6.07) is 5.61. The number of piperidine rings is 1. The van der Waals surface area contributed by atoms with Gasteiger partial charge in [0.1, 0.15) is 10.7 Å². The summed E-state index contributed by atoms with van der Waals surface area (Å²) < 4.78 is 13.0. The standard InChI is InChI=1S/C18H19FN2O2S/c1-11-17(24-12(2)20-11)18(23)21-9-3-4-14(10-21)16(22)13-5-7-15(19)8-6-13/h5-8,14H,3-4,9-10H2,1-2H3/t14-/m1/s1. The van der Waals surface area contributed by atoms with Crippen LogP contribution in [0.3, 0.4) is 0 Å². The first kappa shape index (κ1) is 16.8. The molecule has 1 fully saturated rings. The third kappa shape index (κ3) is 3.38. The molecule has 126 valence electrons. The van der Waals surface area contributed by atoms with Crippen molar-refractivity contribution in [1.82, 2.24) is 9.88 Å². The highest BCUT2D eigenvalue weighted by molar-refractivity contribution is 7.13. The van der Waals surface area contributed by atoms with Crippen molar-refractivity contribution in [3.05, 3.63) is 51.2 Å². The van der Waals surface area contributed by atoms with Crippen LogP contribution >= 0.6 is 11.3 Å². The van der Waals surface area contributed by atoms with E-state index >= 15 is 0 Å². The Morgan fingerprint density at radius 1 is 1.25 bits per heavy atom. The fourth-order valence-corrected chi connectivity index (χ4v) is 3.99. The summed E-state index contributed by atoms with van der Waals surface area (Å²) in [5.74, 6) is -0.662. The Balaban J connectivity index is 1.74. The van der Waals surface area contributed by atoms with E-state index < -0.39 is 0 Å². The summed E-state index contributed by atoms with van der Waals surface area (Å²) in [6.45, 7) is 4.78. The quantitative estimate of drug-likeness (QED) is 0.798. The number of halogens is 1. The molecule has 1 aromatic heterocycles. The van der Waals surface area contributed by atoms with Crippen LogP contribution in [0.4, 0.5) is 4.39 Å². The molecule has 1 saturated heterocycles. The Hall–Kier alpha value is -2.08. The molecule has 0 spiro atoms. The van der Waals surface area contributed by atoms with Crippen LogP contribution in [0.1, 0.15) is 43.6 Å². The molecule has 6 heteroatoms. The molecule has 1 aliphatic heterocycles. The van der Waals surface area contributed by atoms with E-state index in [1.54, 1.807) is 4.90 Å². The number of thiazole rings is 1. The zero-order valence-corrected chi connectivity index (χ0v) is 14.5. The molecule has 2 heterocycles. The Labute approximate surface area is 144 Å². The second kappa shape index (κ2) is 6.81. The van der Waals surface area contributed by atoms with Crippen LogP contribution in [0.5, 0.6) is 0 Å². The number of carbonyl (C=O) groups is 2. The Bertz CT molecular complexity index is 770. The first-order valence-electron chi connectivity index (χ1n) is 7.99. The van der Waals surface area contributed by atoms with Crippen LogP contribution in [0.15, 0.2) is 24.3 Å². The predicted molar refractivity (Wildman–Crippen MR) is 90.9 cm³/mol. The number of ketones is 1. The van der Waals surface area contributed by atoms with E-state index in [2.05, 4.69) is 4.98 Å². The fourth-order valence-electron chi connectivity index (χ4n) is 3.10. The number of hydrogen-bond acceptors (Lipinski definition) is 4. The van der Waals surface area contributed by atoms with Gasteiger partial charge in [-0.05, 0) is 51.0 Å². The normalized spacial score (nSPS) is 17.8. The largest absolute Gasteiger partial charge is 0.337 e. The van der Waals surface area contributed by atoms with Gasteiger partial charge < -0.3 is 4.90 Å². The molecular formula is C18H19FN2O2S. The van der Waals surface area contributed by atoms with Crippen molar-refractivity contribution in [2.45, 2.75) is 26.7 Å². The van der Waals surface area contributed by atoms with E-state index in [1.165, 1.54) is 35.6 Å². The van der Waals surface area contributed by atoms with Crippen molar-refractivity contribution in [2.75, 3.05) is 13.1 Å². The highest BCUT2D eigenvalue weighted by Crippen LogP contribution is 2.25. The molecule has 0 unspecified atom stereocenters. The first-order valence-corrected chi connectivity index (χ1v) is 8.80. The number of aryl methyl sites for hydroxylation is 2. The van der Waals surface area contributed by atoms with Gasteiger partial charge in [0.05, 0.1) is 10.7 Å². The lowest BCUT2D eigenvalue weighted by molar-refractivity contribution is 0.0640. The monoisotopic (exact) mass is 346 g/mol. The van der Waals surface area contributed by atoms with Gasteiger partial charge in [-0.3, -0.25) is 9.59 Å². The zero-order chi connectivity index (χ0) is 17.3. The molecule has 2 aromatic rings. The molecule has 3 rings (SSSR count). The summed E-state index contributed by atoms with van der Waals surface area (Å²) in [4.78, 5) is 32.0. The maximum absolute atomic E-state index is 13.0. The summed E-state index contributed by atoms with van der Waals surface area (Å²) in [7, 11) is 0. The number of likely N-dealkylation sites (tertiary alicyclic amines) is 1. The van der Waals surface area contributed by atoms with Crippen LogP contribution in [0.25, 0.3) is 0 Å². The third-order valence-corrected chi connectivity index (χ3v) is 5.37. The van der Waals surface area contributed by atoms with E-state index in [9.17, 15) is 14.0 Å². The van der Waals surface area contributed by atoms with E-state index in [0.29, 0.717) is 23.5 Å². The van der Waals surface area contributed by atoms with Gasteiger partial charge in [0.15, 0.2) is 5.78 Å². The Morgan fingerprint density at radius 3 is 2.58 bits per heavy atom. The van der Waals surface area contributed by atoms with E-state index in [-0.39, 0.29) is 23.4 Å². The summed E-state index contributed by atoms with van der Waals surface area (Å²) >= 11 is 1.39. The molecule has 0 radical (unpaired) electrons. The zero-order valence-electron chi connectivity index (χ0n) is 13.7. The average Bonchev–Trinajstić information content (AvgIpc) is 2.92. The summed E-state index contributed by atoms with van der Waals surface area (Å²) in [5.41, 5.74) is 1.25. The smallest absolute Gasteiger partial charge is 0.265 e. The van der Waals surface area contributed by atoms with Gasteiger partial charge in [-0.1, -0.05) is 0 Å². The molecule has 4 nitrogen and oxygen atoms in total. The molecule has 0 saturated carbocycles. The van der Waals surface area contributed by atoms with E-state index in [4.69, 9.17) is 0 Å². The minimum atomic E-state index is -0.358. The Morgan fingerprint density at radius 2 is 1.96 bits per heavy atom. The number of rotatable bonds is 3. The minimum absolute atomic E-state index is 0.0234. The van der Waals surface area contributed by atoms with Crippen LogP contribution in [-0.4, -0.2) is 34.7 Å². The molecule has 1 aliphatic rings. The van der Waals surface area contributed by atoms with Gasteiger partial charge >= 0.3 is 0 Å². The molecular weight excluding hydrogens is 327 g/mol. The lowest BCUT2D eigenvalue weighted by atomic mass is 9.90. The second-order valence-corrected chi connectivity index (χ2v) is 7.31. The summed E-state index contributed by atoms with van der Waals surface area (Å²) in [6.07, 6.45) is 1.54. The maximum atomic E-state index is 13.0. The number of amides is 1. The van der Waals surface area contributed by atoms with Crippen LogP contribution in [0, 0.1) is 25.6 Å².